The number of ether oxygens (including phenoxy) is 2. The van der Waals surface area contributed by atoms with Crippen LogP contribution in [0.5, 0.6) is 11.8 Å². The molecular formula is C50H52F2N8O5. The van der Waals surface area contributed by atoms with Crippen LogP contribution in [0.25, 0.3) is 22.8 Å². The maximum Gasteiger partial charge on any atom is 0.336 e. The number of benzene rings is 2. The van der Waals surface area contributed by atoms with E-state index in [1.165, 1.54) is 50.1 Å². The van der Waals surface area contributed by atoms with Gasteiger partial charge in [0.2, 0.25) is 11.8 Å². The molecule has 4 aromatic heterocycles. The lowest BCUT2D eigenvalue weighted by molar-refractivity contribution is 0.0403. The monoisotopic (exact) mass is 882 g/mol. The van der Waals surface area contributed by atoms with Gasteiger partial charge in [0.15, 0.2) is 11.6 Å². The van der Waals surface area contributed by atoms with Gasteiger partial charge in [-0.2, -0.15) is 0 Å². The molecule has 0 spiro atoms. The van der Waals surface area contributed by atoms with Gasteiger partial charge < -0.3 is 24.8 Å². The summed E-state index contributed by atoms with van der Waals surface area (Å²) in [6.45, 7) is 4.98. The predicted molar refractivity (Wildman–Crippen MR) is 239 cm³/mol. The molecule has 0 saturated carbocycles. The number of pyridine rings is 2. The standard InChI is InChI=1S/C25H25FN4O2.C13H17FN2O.C12H10N2O2/c1-16-3-8-20(24-27-11-2-12-28-24)21(13-16)25(31)30-19-6-4-17(22(30)9-7-19)15-32-23-10-5-18(26)14-29-23;14-10-2-6-13(15-7-10)17-8-9-1-3-11-4-5-12(9)16-11;1-8-3-4-9(10(7-8)12(15)16)11-13-5-2-6-14-11/h2-3,5,8,10-14,17,19,22H,4,6-7,9,15H2,1H3;2,6-7,9,11-12,16H,1,3-5,8H2;2-7H,1H3,(H,15,16)/t17-,19-,22?;9-,11-,12?;/m11./s1. The number of hydrogen-bond acceptors (Lipinski definition) is 11. The number of halogens is 2. The van der Waals surface area contributed by atoms with E-state index in [1.54, 1.807) is 55.1 Å². The summed E-state index contributed by atoms with van der Waals surface area (Å²) >= 11 is 0. The Labute approximate surface area is 376 Å². The Morgan fingerprint density at radius 1 is 0.646 bits per heavy atom. The van der Waals surface area contributed by atoms with Crippen molar-refractivity contribution in [2.24, 2.45) is 11.8 Å². The highest BCUT2D eigenvalue weighted by atomic mass is 19.1. The minimum absolute atomic E-state index is 0.0354. The number of aryl methyl sites for hydroxylation is 2. The molecule has 6 aromatic rings. The Hall–Kier alpha value is -6.74. The minimum atomic E-state index is -0.967. The Bertz CT molecular complexity index is 2540. The number of fused-ring (bicyclic) bond motifs is 4. The molecule has 4 bridgehead atoms. The number of aromatic nitrogens is 6. The molecule has 0 aliphatic carbocycles. The van der Waals surface area contributed by atoms with Crippen LogP contribution >= 0.6 is 0 Å². The first-order valence-corrected chi connectivity index (χ1v) is 22.2. The van der Waals surface area contributed by atoms with Gasteiger partial charge in [-0.1, -0.05) is 35.4 Å². The second kappa shape index (κ2) is 20.8. The van der Waals surface area contributed by atoms with Crippen LogP contribution in [-0.4, -0.2) is 89.2 Å². The molecule has 2 unspecified atom stereocenters. The Morgan fingerprint density at radius 3 is 1.74 bits per heavy atom. The maximum absolute atomic E-state index is 13.8. The lowest BCUT2D eigenvalue weighted by atomic mass is 9.89. The van der Waals surface area contributed by atoms with Crippen molar-refractivity contribution in [2.75, 3.05) is 13.2 Å². The Balaban J connectivity index is 0.000000147. The van der Waals surface area contributed by atoms with E-state index in [0.29, 0.717) is 59.7 Å². The summed E-state index contributed by atoms with van der Waals surface area (Å²) in [6, 6.07) is 22.1. The average molecular weight is 883 g/mol. The van der Waals surface area contributed by atoms with Crippen molar-refractivity contribution in [3.8, 4) is 34.5 Å². The summed E-state index contributed by atoms with van der Waals surface area (Å²) in [7, 11) is 0. The first-order chi connectivity index (χ1) is 31.6. The molecule has 2 aromatic carbocycles. The average Bonchev–Trinajstić information content (AvgIpc) is 3.87. The summed E-state index contributed by atoms with van der Waals surface area (Å²) in [6.07, 6.45) is 17.9. The molecule has 65 heavy (non-hydrogen) atoms. The molecule has 0 radical (unpaired) electrons. The lowest BCUT2D eigenvalue weighted by Crippen LogP contribution is -2.49. The van der Waals surface area contributed by atoms with Crippen LogP contribution < -0.4 is 14.8 Å². The number of carboxylic acid groups (broad SMARTS) is 1. The molecule has 15 heteroatoms. The molecule has 1 amide bonds. The van der Waals surface area contributed by atoms with Crippen LogP contribution in [0.2, 0.25) is 0 Å². The smallest absolute Gasteiger partial charge is 0.336 e. The fourth-order valence-electron chi connectivity index (χ4n) is 9.39. The van der Waals surface area contributed by atoms with Gasteiger partial charge in [-0.25, -0.2) is 43.5 Å². The van der Waals surface area contributed by atoms with Crippen molar-refractivity contribution in [1.29, 1.82) is 0 Å². The number of nitrogens with one attached hydrogen (secondary N) is 1. The van der Waals surface area contributed by atoms with Crippen molar-refractivity contribution in [3.63, 3.8) is 0 Å². The van der Waals surface area contributed by atoms with Gasteiger partial charge in [0.1, 0.15) is 11.6 Å². The number of aromatic carboxylic acids is 1. The summed E-state index contributed by atoms with van der Waals surface area (Å²) in [5, 5.41) is 12.7. The molecule has 10 rings (SSSR count). The van der Waals surface area contributed by atoms with Crippen LogP contribution in [0.15, 0.2) is 110 Å². The topological polar surface area (TPSA) is 165 Å². The number of carbonyl (C=O) groups excluding carboxylic acids is 1. The number of hydrogen-bond donors (Lipinski definition) is 2. The molecule has 2 N–H and O–H groups in total. The normalized spacial score (nSPS) is 21.6. The zero-order valence-electron chi connectivity index (χ0n) is 36.4. The number of piperidine rings is 2. The molecular weight excluding hydrogens is 831 g/mol. The van der Waals surface area contributed by atoms with Crippen molar-refractivity contribution in [1.82, 2.24) is 40.1 Å². The van der Waals surface area contributed by atoms with E-state index in [-0.39, 0.29) is 41.1 Å². The third-order valence-corrected chi connectivity index (χ3v) is 12.6. The van der Waals surface area contributed by atoms with E-state index in [0.717, 1.165) is 54.6 Å². The molecule has 4 saturated heterocycles. The van der Waals surface area contributed by atoms with E-state index in [1.807, 2.05) is 38.1 Å². The number of rotatable bonds is 10. The number of amides is 1. The minimum Gasteiger partial charge on any atom is -0.478 e. The highest BCUT2D eigenvalue weighted by Crippen LogP contribution is 2.41. The van der Waals surface area contributed by atoms with Crippen LogP contribution in [-0.2, 0) is 0 Å². The van der Waals surface area contributed by atoms with E-state index in [9.17, 15) is 18.4 Å². The van der Waals surface area contributed by atoms with Crippen molar-refractivity contribution in [3.05, 3.63) is 144 Å². The molecule has 13 nitrogen and oxygen atoms in total. The van der Waals surface area contributed by atoms with E-state index < -0.39 is 5.97 Å². The Morgan fingerprint density at radius 2 is 1.17 bits per heavy atom. The second-order valence-corrected chi connectivity index (χ2v) is 17.0. The summed E-state index contributed by atoms with van der Waals surface area (Å²) < 4.78 is 37.3. The van der Waals surface area contributed by atoms with Gasteiger partial charge in [0, 0.05) is 84.1 Å². The largest absolute Gasteiger partial charge is 0.478 e. The molecule has 8 heterocycles. The lowest BCUT2D eigenvalue weighted by Gasteiger charge is -2.40. The number of carboxylic acids is 1. The number of carbonyl (C=O) groups is 2. The molecule has 336 valence electrons. The summed E-state index contributed by atoms with van der Waals surface area (Å²) in [5.41, 5.74) is 4.10. The molecule has 4 aliphatic heterocycles. The van der Waals surface area contributed by atoms with Crippen molar-refractivity contribution < 1.29 is 33.0 Å². The third kappa shape index (κ3) is 11.1. The quantitative estimate of drug-likeness (QED) is 0.135. The molecule has 4 fully saturated rings. The van der Waals surface area contributed by atoms with Gasteiger partial charge in [0.25, 0.3) is 5.91 Å². The first kappa shape index (κ1) is 44.9. The zero-order chi connectivity index (χ0) is 45.3. The van der Waals surface area contributed by atoms with E-state index in [4.69, 9.17) is 14.6 Å². The van der Waals surface area contributed by atoms with E-state index in [2.05, 4.69) is 40.1 Å². The zero-order valence-corrected chi connectivity index (χ0v) is 36.4. The third-order valence-electron chi connectivity index (χ3n) is 12.6. The van der Waals surface area contributed by atoms with Gasteiger partial charge >= 0.3 is 5.97 Å². The second-order valence-electron chi connectivity index (χ2n) is 17.0. The fraction of sp³-hybridized carbons (Fsp3) is 0.360. The van der Waals surface area contributed by atoms with Crippen molar-refractivity contribution in [2.45, 2.75) is 89.4 Å². The van der Waals surface area contributed by atoms with Gasteiger partial charge in [-0.05, 0) is 102 Å². The predicted octanol–water partition coefficient (Wildman–Crippen LogP) is 8.73. The van der Waals surface area contributed by atoms with Gasteiger partial charge in [0.05, 0.1) is 36.7 Å². The van der Waals surface area contributed by atoms with Gasteiger partial charge in [-0.15, -0.1) is 0 Å². The van der Waals surface area contributed by atoms with Crippen molar-refractivity contribution >= 4 is 11.9 Å². The highest BCUT2D eigenvalue weighted by molar-refractivity contribution is 6.01. The first-order valence-electron chi connectivity index (χ1n) is 22.2. The summed E-state index contributed by atoms with van der Waals surface area (Å²) in [4.78, 5) is 51.7. The Kier molecular flexibility index (Phi) is 14.4. The maximum atomic E-state index is 13.8. The molecule has 6 atom stereocenters. The van der Waals surface area contributed by atoms with Crippen LogP contribution in [0.3, 0.4) is 0 Å². The van der Waals surface area contributed by atoms with Crippen LogP contribution in [0.1, 0.15) is 83.2 Å². The summed E-state index contributed by atoms with van der Waals surface area (Å²) in [5.74, 6) is 1.06. The SMILES string of the molecule is Cc1ccc(-c2ncccn2)c(C(=O)N2C3CC[C@H]2CC[C@@H]3COc2ccc(F)cn2)c1.Cc1ccc(-c2ncccn2)c(C(=O)O)c1.Fc1ccc(OC[C@H]2CC[C@@H]3CCC2N3)nc1. The highest BCUT2D eigenvalue weighted by Gasteiger charge is 2.45. The number of nitrogens with zero attached hydrogens (tertiary/aromatic N) is 7. The fourth-order valence-corrected chi connectivity index (χ4v) is 9.39. The van der Waals surface area contributed by atoms with Crippen LogP contribution in [0.4, 0.5) is 8.78 Å². The van der Waals surface area contributed by atoms with Gasteiger partial charge in [-0.3, -0.25) is 4.79 Å². The molecule has 4 aliphatic rings. The van der Waals surface area contributed by atoms with Crippen LogP contribution in [0, 0.1) is 37.3 Å². The van der Waals surface area contributed by atoms with E-state index >= 15 is 0 Å².